The number of aromatic nitrogens is 2. The third-order valence-electron chi connectivity index (χ3n) is 5.03. The molecule has 0 radical (unpaired) electrons. The average Bonchev–Trinajstić information content (AvgIpc) is 3.30. The number of hydrogen-bond donors (Lipinski definition) is 1. The highest BCUT2D eigenvalue weighted by molar-refractivity contribution is 5.79. The predicted octanol–water partition coefficient (Wildman–Crippen LogP) is 3.72. The number of nitriles is 2. The highest BCUT2D eigenvalue weighted by atomic mass is 15.2. The van der Waals surface area contributed by atoms with Gasteiger partial charge in [0.05, 0.1) is 40.9 Å². The predicted molar refractivity (Wildman–Crippen MR) is 90.3 cm³/mol. The molecule has 1 aliphatic carbocycles. The second kappa shape index (κ2) is 5.25. The van der Waals surface area contributed by atoms with E-state index in [0.717, 1.165) is 40.7 Å². The zero-order chi connectivity index (χ0) is 16.8. The standard InChI is InChI=1S/C19H17N5/c1-11-16(8-20)19(13-3-6-18-14(7-13)10-22-23-18)17(9-21)12(2)24(11)15-4-5-15/h3,6-7,10,15,19H,4-5H2,1-2H3,(H,22,23). The van der Waals surface area contributed by atoms with Gasteiger partial charge in [-0.25, -0.2) is 0 Å². The van der Waals surface area contributed by atoms with E-state index in [4.69, 9.17) is 0 Å². The Morgan fingerprint density at radius 2 is 1.79 bits per heavy atom. The second-order valence-electron chi connectivity index (χ2n) is 6.47. The van der Waals surface area contributed by atoms with Gasteiger partial charge in [-0.15, -0.1) is 0 Å². The molecule has 0 atom stereocenters. The van der Waals surface area contributed by atoms with Crippen LogP contribution in [0.1, 0.15) is 38.2 Å². The van der Waals surface area contributed by atoms with E-state index in [1.54, 1.807) is 6.20 Å². The van der Waals surface area contributed by atoms with Gasteiger partial charge in [0, 0.05) is 22.8 Å². The molecule has 2 aromatic rings. The maximum atomic E-state index is 9.80. The zero-order valence-electron chi connectivity index (χ0n) is 13.7. The summed E-state index contributed by atoms with van der Waals surface area (Å²) in [5, 5.41) is 27.6. The smallest absolute Gasteiger partial charge is 0.0975 e. The first kappa shape index (κ1) is 14.5. The van der Waals surface area contributed by atoms with E-state index in [1.807, 2.05) is 32.0 Å². The van der Waals surface area contributed by atoms with Crippen molar-refractivity contribution < 1.29 is 0 Å². The summed E-state index contributed by atoms with van der Waals surface area (Å²) in [4.78, 5) is 2.18. The first-order valence-electron chi connectivity index (χ1n) is 8.09. The number of nitrogens with zero attached hydrogens (tertiary/aromatic N) is 4. The minimum atomic E-state index is -0.297. The van der Waals surface area contributed by atoms with E-state index in [-0.39, 0.29) is 5.92 Å². The fourth-order valence-electron chi connectivity index (χ4n) is 3.72. The van der Waals surface area contributed by atoms with Crippen molar-refractivity contribution in [2.75, 3.05) is 0 Å². The molecule has 0 bridgehead atoms. The van der Waals surface area contributed by atoms with Crippen LogP contribution in [0.15, 0.2) is 46.9 Å². The minimum Gasteiger partial charge on any atom is -0.344 e. The summed E-state index contributed by atoms with van der Waals surface area (Å²) in [5.74, 6) is -0.297. The summed E-state index contributed by atoms with van der Waals surface area (Å²) in [6, 6.07) is 11.1. The summed E-state index contributed by atoms with van der Waals surface area (Å²) in [6.45, 7) is 4.00. The van der Waals surface area contributed by atoms with E-state index in [0.29, 0.717) is 17.2 Å². The Morgan fingerprint density at radius 3 is 2.38 bits per heavy atom. The van der Waals surface area contributed by atoms with E-state index in [9.17, 15) is 10.5 Å². The van der Waals surface area contributed by atoms with Crippen molar-refractivity contribution in [3.8, 4) is 12.1 Å². The Bertz CT molecular complexity index is 937. The lowest BCUT2D eigenvalue weighted by Crippen LogP contribution is -2.30. The lowest BCUT2D eigenvalue weighted by molar-refractivity contribution is 0.397. The van der Waals surface area contributed by atoms with E-state index < -0.39 is 0 Å². The summed E-state index contributed by atoms with van der Waals surface area (Å²) in [6.07, 6.45) is 4.01. The van der Waals surface area contributed by atoms with Gasteiger partial charge in [-0.1, -0.05) is 6.07 Å². The lowest BCUT2D eigenvalue weighted by Gasteiger charge is -2.35. The highest BCUT2D eigenvalue weighted by Crippen LogP contribution is 2.45. The summed E-state index contributed by atoms with van der Waals surface area (Å²) >= 11 is 0. The summed E-state index contributed by atoms with van der Waals surface area (Å²) in [7, 11) is 0. The molecule has 2 aliphatic rings. The fourth-order valence-corrected chi connectivity index (χ4v) is 3.72. The topological polar surface area (TPSA) is 79.5 Å². The van der Waals surface area contributed by atoms with E-state index >= 15 is 0 Å². The van der Waals surface area contributed by atoms with E-state index in [2.05, 4.69) is 27.2 Å². The van der Waals surface area contributed by atoms with Gasteiger partial charge in [-0.3, -0.25) is 5.10 Å². The Balaban J connectivity index is 1.91. The van der Waals surface area contributed by atoms with Gasteiger partial charge in [0.1, 0.15) is 0 Å². The zero-order valence-corrected chi connectivity index (χ0v) is 13.7. The van der Waals surface area contributed by atoms with Crippen molar-refractivity contribution in [2.24, 2.45) is 0 Å². The third-order valence-corrected chi connectivity index (χ3v) is 5.03. The number of aromatic amines is 1. The van der Waals surface area contributed by atoms with Crippen LogP contribution in [-0.2, 0) is 0 Å². The molecule has 1 aliphatic heterocycles. The lowest BCUT2D eigenvalue weighted by atomic mass is 9.80. The van der Waals surface area contributed by atoms with Crippen molar-refractivity contribution in [3.63, 3.8) is 0 Å². The van der Waals surface area contributed by atoms with Gasteiger partial charge in [-0.05, 0) is 44.4 Å². The number of nitrogens with one attached hydrogen (secondary N) is 1. The van der Waals surface area contributed by atoms with Gasteiger partial charge in [-0.2, -0.15) is 15.6 Å². The van der Waals surface area contributed by atoms with Crippen molar-refractivity contribution in [1.29, 1.82) is 10.5 Å². The molecule has 1 aromatic carbocycles. The van der Waals surface area contributed by atoms with Crippen LogP contribution in [0.4, 0.5) is 0 Å². The number of allylic oxidation sites excluding steroid dienone is 4. The van der Waals surface area contributed by atoms with Crippen molar-refractivity contribution in [1.82, 2.24) is 15.1 Å². The van der Waals surface area contributed by atoms with Crippen LogP contribution < -0.4 is 0 Å². The molecule has 0 amide bonds. The van der Waals surface area contributed by atoms with Crippen molar-refractivity contribution in [2.45, 2.75) is 38.6 Å². The number of hydrogen-bond acceptors (Lipinski definition) is 4. The van der Waals surface area contributed by atoms with Crippen LogP contribution in [-0.4, -0.2) is 21.1 Å². The van der Waals surface area contributed by atoms with Crippen molar-refractivity contribution in [3.05, 3.63) is 52.5 Å². The first-order valence-corrected chi connectivity index (χ1v) is 8.09. The third kappa shape index (κ3) is 2.02. The molecule has 0 saturated heterocycles. The van der Waals surface area contributed by atoms with Gasteiger partial charge >= 0.3 is 0 Å². The number of rotatable bonds is 2. The summed E-state index contributed by atoms with van der Waals surface area (Å²) in [5.41, 5.74) is 5.22. The average molecular weight is 315 g/mol. The fraction of sp³-hybridized carbons (Fsp3) is 0.316. The molecule has 0 spiro atoms. The number of fused-ring (bicyclic) bond motifs is 1. The molecule has 5 heteroatoms. The minimum absolute atomic E-state index is 0.297. The van der Waals surface area contributed by atoms with Gasteiger partial charge < -0.3 is 4.90 Å². The Morgan fingerprint density at radius 1 is 1.12 bits per heavy atom. The SMILES string of the molecule is CC1=C(C#N)C(c2ccc3[nH]ncc3c2)C(C#N)=C(C)N1C1CC1. The van der Waals surface area contributed by atoms with Gasteiger partial charge in [0.15, 0.2) is 0 Å². The Hall–Kier alpha value is -3.05. The molecule has 0 unspecified atom stereocenters. The largest absolute Gasteiger partial charge is 0.344 e. The molecule has 1 saturated carbocycles. The molecule has 2 heterocycles. The highest BCUT2D eigenvalue weighted by Gasteiger charge is 2.39. The molecule has 118 valence electrons. The van der Waals surface area contributed by atoms with E-state index in [1.165, 1.54) is 0 Å². The molecule has 1 N–H and O–H groups in total. The number of H-pyrrole nitrogens is 1. The molecule has 4 rings (SSSR count). The van der Waals surface area contributed by atoms with Gasteiger partial charge in [0.2, 0.25) is 0 Å². The molecule has 1 aromatic heterocycles. The number of benzene rings is 1. The Kier molecular flexibility index (Phi) is 3.18. The monoisotopic (exact) mass is 315 g/mol. The van der Waals surface area contributed by atoms with Crippen LogP contribution in [0.3, 0.4) is 0 Å². The van der Waals surface area contributed by atoms with Crippen LogP contribution >= 0.6 is 0 Å². The normalized spacial score (nSPS) is 18.9. The van der Waals surface area contributed by atoms with Crippen LogP contribution in [0.5, 0.6) is 0 Å². The summed E-state index contributed by atoms with van der Waals surface area (Å²) < 4.78 is 0. The molecule has 1 fully saturated rings. The van der Waals surface area contributed by atoms with Gasteiger partial charge in [0.25, 0.3) is 0 Å². The van der Waals surface area contributed by atoms with Crippen LogP contribution in [0, 0.1) is 22.7 Å². The molecular formula is C19H17N5. The molecular weight excluding hydrogens is 298 g/mol. The quantitative estimate of drug-likeness (QED) is 0.916. The van der Waals surface area contributed by atoms with Crippen LogP contribution in [0.2, 0.25) is 0 Å². The van der Waals surface area contributed by atoms with Crippen molar-refractivity contribution >= 4 is 10.9 Å². The maximum absolute atomic E-state index is 9.80. The second-order valence-corrected chi connectivity index (χ2v) is 6.47. The van der Waals surface area contributed by atoms with Crippen LogP contribution in [0.25, 0.3) is 10.9 Å². The Labute approximate surface area is 140 Å². The first-order chi connectivity index (χ1) is 11.7. The molecule has 24 heavy (non-hydrogen) atoms. The maximum Gasteiger partial charge on any atom is 0.0975 e. The molecule has 5 nitrogen and oxygen atoms in total.